The highest BCUT2D eigenvalue weighted by Crippen LogP contribution is 2.24. The summed E-state index contributed by atoms with van der Waals surface area (Å²) in [4.78, 5) is 15.1. The number of carbonyl (C=O) groups is 1. The zero-order chi connectivity index (χ0) is 17.0. The van der Waals surface area contributed by atoms with Crippen LogP contribution in [0.3, 0.4) is 0 Å². The first-order chi connectivity index (χ1) is 10.8. The van der Waals surface area contributed by atoms with Gasteiger partial charge in [0.1, 0.15) is 5.75 Å². The highest BCUT2D eigenvalue weighted by Gasteiger charge is 2.40. The maximum Gasteiger partial charge on any atom is 0.425 e. The monoisotopic (exact) mass is 332 g/mol. The molecule has 1 atom stereocenters. The van der Waals surface area contributed by atoms with E-state index in [4.69, 9.17) is 4.74 Å². The van der Waals surface area contributed by atoms with Crippen molar-refractivity contribution in [2.75, 3.05) is 38.2 Å². The third-order valence-electron chi connectivity index (χ3n) is 3.71. The molecule has 1 aliphatic heterocycles. The third kappa shape index (κ3) is 4.43. The molecule has 1 saturated heterocycles. The minimum atomic E-state index is -4.54. The number of amides is 1. The van der Waals surface area contributed by atoms with Gasteiger partial charge in [-0.3, -0.25) is 0 Å². The largest absolute Gasteiger partial charge is 0.497 e. The summed E-state index contributed by atoms with van der Waals surface area (Å²) < 4.78 is 46.8. The van der Waals surface area contributed by atoms with Crippen LogP contribution in [0.25, 0.3) is 0 Å². The molecule has 2 rings (SSSR count). The molecule has 0 spiro atoms. The van der Waals surface area contributed by atoms with Crippen LogP contribution in [0.2, 0.25) is 0 Å². The van der Waals surface area contributed by atoms with Crippen LogP contribution in [0.4, 0.5) is 23.7 Å². The van der Waals surface area contributed by atoms with Gasteiger partial charge in [0.25, 0.3) is 0 Å². The van der Waals surface area contributed by atoms with Crippen LogP contribution in [0, 0.1) is 0 Å². The molecule has 0 aliphatic carbocycles. The summed E-state index contributed by atoms with van der Waals surface area (Å²) in [6, 6.07) is 7.47. The molecule has 8 heteroatoms. The van der Waals surface area contributed by atoms with Gasteiger partial charge in [-0.25, -0.2) is 4.79 Å². The average Bonchev–Trinajstić information content (AvgIpc) is 2.54. The molecular formula is C15H19F3N2O3. The molecule has 1 aromatic carbocycles. The number of benzene rings is 1. The van der Waals surface area contributed by atoms with Crippen molar-refractivity contribution >= 4 is 11.8 Å². The number of nitrogens with zero attached hydrogens (tertiary/aromatic N) is 2. The topological polar surface area (TPSA) is 42.0 Å². The Balaban J connectivity index is 1.86. The van der Waals surface area contributed by atoms with Gasteiger partial charge in [-0.2, -0.15) is 13.2 Å². The van der Waals surface area contributed by atoms with Gasteiger partial charge < -0.3 is 19.3 Å². The molecule has 1 fully saturated rings. The second-order valence-corrected chi connectivity index (χ2v) is 5.24. The van der Waals surface area contributed by atoms with Crippen molar-refractivity contribution in [2.45, 2.75) is 19.2 Å². The van der Waals surface area contributed by atoms with Crippen LogP contribution >= 0.6 is 0 Å². The first-order valence-electron chi connectivity index (χ1n) is 7.22. The molecule has 0 aromatic heterocycles. The number of hydrogen-bond acceptors (Lipinski definition) is 4. The summed E-state index contributed by atoms with van der Waals surface area (Å²) >= 11 is 0. The van der Waals surface area contributed by atoms with Gasteiger partial charge in [0, 0.05) is 31.9 Å². The molecule has 1 amide bonds. The minimum absolute atomic E-state index is 0.315. The number of methoxy groups -OCH3 is 1. The summed E-state index contributed by atoms with van der Waals surface area (Å²) in [5.74, 6) is 0.747. The maximum absolute atomic E-state index is 12.4. The van der Waals surface area contributed by atoms with E-state index >= 15 is 0 Å². The van der Waals surface area contributed by atoms with Crippen molar-refractivity contribution in [2.24, 2.45) is 0 Å². The lowest BCUT2D eigenvalue weighted by atomic mass is 10.2. The van der Waals surface area contributed by atoms with Crippen LogP contribution in [-0.2, 0) is 4.74 Å². The molecule has 128 valence electrons. The van der Waals surface area contributed by atoms with E-state index in [1.54, 1.807) is 7.11 Å². The number of carbonyl (C=O) groups excluding carboxylic acids is 1. The lowest BCUT2D eigenvalue weighted by Gasteiger charge is -2.36. The molecule has 1 aromatic rings. The van der Waals surface area contributed by atoms with Gasteiger partial charge in [-0.05, 0) is 31.2 Å². The van der Waals surface area contributed by atoms with Crippen molar-refractivity contribution in [1.29, 1.82) is 0 Å². The van der Waals surface area contributed by atoms with E-state index in [9.17, 15) is 18.0 Å². The van der Waals surface area contributed by atoms with E-state index in [0.717, 1.165) is 18.4 Å². The fourth-order valence-electron chi connectivity index (χ4n) is 2.23. The summed E-state index contributed by atoms with van der Waals surface area (Å²) in [5, 5.41) is 0. The highest BCUT2D eigenvalue weighted by molar-refractivity contribution is 5.68. The SMILES string of the molecule is COc1ccc(N2CCN(C(=O)OC(C)C(F)(F)F)CC2)cc1. The smallest absolute Gasteiger partial charge is 0.425 e. The molecule has 1 heterocycles. The molecule has 1 unspecified atom stereocenters. The zero-order valence-corrected chi connectivity index (χ0v) is 13.0. The molecule has 0 N–H and O–H groups in total. The standard InChI is InChI=1S/C15H19F3N2O3/c1-11(15(16,17)18)23-14(21)20-9-7-19(8-10-20)12-3-5-13(22-2)6-4-12/h3-6,11H,7-10H2,1-2H3. The quantitative estimate of drug-likeness (QED) is 0.853. The maximum atomic E-state index is 12.4. The Hall–Kier alpha value is -2.12. The lowest BCUT2D eigenvalue weighted by molar-refractivity contribution is -0.199. The summed E-state index contributed by atoms with van der Waals surface area (Å²) in [7, 11) is 1.58. The van der Waals surface area contributed by atoms with Gasteiger partial charge in [-0.15, -0.1) is 0 Å². The van der Waals surface area contributed by atoms with Gasteiger partial charge >= 0.3 is 12.3 Å². The zero-order valence-electron chi connectivity index (χ0n) is 13.0. The minimum Gasteiger partial charge on any atom is -0.497 e. The van der Waals surface area contributed by atoms with Crippen LogP contribution in [-0.4, -0.2) is 56.6 Å². The molecule has 5 nitrogen and oxygen atoms in total. The summed E-state index contributed by atoms with van der Waals surface area (Å²) in [6.07, 6.45) is -7.57. The Bertz CT molecular complexity index is 526. The average molecular weight is 332 g/mol. The first-order valence-corrected chi connectivity index (χ1v) is 7.22. The molecule has 0 bridgehead atoms. The van der Waals surface area contributed by atoms with E-state index in [1.165, 1.54) is 4.90 Å². The third-order valence-corrected chi connectivity index (χ3v) is 3.71. The summed E-state index contributed by atoms with van der Waals surface area (Å²) in [6.45, 7) is 2.51. The predicted octanol–water partition coefficient (Wildman–Crippen LogP) is 2.90. The number of alkyl halides is 3. The number of ether oxygens (including phenoxy) is 2. The number of halogens is 3. The van der Waals surface area contributed by atoms with Crippen molar-refractivity contribution in [3.8, 4) is 5.75 Å². The molecular weight excluding hydrogens is 313 g/mol. The number of anilines is 1. The van der Waals surface area contributed by atoms with E-state index in [0.29, 0.717) is 26.2 Å². The van der Waals surface area contributed by atoms with Gasteiger partial charge in [0.05, 0.1) is 7.11 Å². The number of hydrogen-bond donors (Lipinski definition) is 0. The van der Waals surface area contributed by atoms with E-state index in [2.05, 4.69) is 9.64 Å². The second kappa shape index (κ2) is 6.97. The Morgan fingerprint density at radius 2 is 1.70 bits per heavy atom. The first kappa shape index (κ1) is 17.2. The molecule has 1 aliphatic rings. The Morgan fingerprint density at radius 3 is 2.17 bits per heavy atom. The van der Waals surface area contributed by atoms with Crippen LogP contribution in [0.1, 0.15) is 6.92 Å². The normalized spacial score (nSPS) is 16.9. The van der Waals surface area contributed by atoms with Gasteiger partial charge in [0.15, 0.2) is 6.10 Å². The second-order valence-electron chi connectivity index (χ2n) is 5.24. The van der Waals surface area contributed by atoms with Crippen LogP contribution in [0.15, 0.2) is 24.3 Å². The Morgan fingerprint density at radius 1 is 1.13 bits per heavy atom. The summed E-state index contributed by atoms with van der Waals surface area (Å²) in [5.41, 5.74) is 0.975. The fourth-order valence-corrected chi connectivity index (χ4v) is 2.23. The number of piperazine rings is 1. The predicted molar refractivity (Wildman–Crippen MR) is 78.8 cm³/mol. The van der Waals surface area contributed by atoms with E-state index in [-0.39, 0.29) is 0 Å². The van der Waals surface area contributed by atoms with E-state index < -0.39 is 18.4 Å². The van der Waals surface area contributed by atoms with Crippen LogP contribution < -0.4 is 9.64 Å². The lowest BCUT2D eigenvalue weighted by Crippen LogP contribution is -2.50. The highest BCUT2D eigenvalue weighted by atomic mass is 19.4. The van der Waals surface area contributed by atoms with Crippen molar-refractivity contribution in [3.63, 3.8) is 0 Å². The molecule has 0 saturated carbocycles. The van der Waals surface area contributed by atoms with Crippen molar-refractivity contribution in [1.82, 2.24) is 4.90 Å². The Kier molecular flexibility index (Phi) is 5.23. The number of rotatable bonds is 3. The van der Waals surface area contributed by atoms with E-state index in [1.807, 2.05) is 24.3 Å². The molecule has 23 heavy (non-hydrogen) atoms. The van der Waals surface area contributed by atoms with Gasteiger partial charge in [-0.1, -0.05) is 0 Å². The van der Waals surface area contributed by atoms with Crippen molar-refractivity contribution in [3.05, 3.63) is 24.3 Å². The molecule has 0 radical (unpaired) electrons. The fraction of sp³-hybridized carbons (Fsp3) is 0.533. The van der Waals surface area contributed by atoms with Gasteiger partial charge in [0.2, 0.25) is 0 Å². The Labute approximate surface area is 132 Å². The van der Waals surface area contributed by atoms with Crippen molar-refractivity contribution < 1.29 is 27.4 Å². The van der Waals surface area contributed by atoms with Crippen LogP contribution in [0.5, 0.6) is 5.75 Å².